The van der Waals surface area contributed by atoms with Crippen molar-refractivity contribution < 1.29 is 44.2 Å². The number of ether oxygens (including phenoxy) is 2. The van der Waals surface area contributed by atoms with Gasteiger partial charge in [-0.2, -0.15) is 0 Å². The number of hydrogen-bond donors (Lipinski definition) is 5. The number of phenols is 5. The fourth-order valence-electron chi connectivity index (χ4n) is 5.11. The van der Waals surface area contributed by atoms with Crippen LogP contribution in [-0.2, 0) is 0 Å². The summed E-state index contributed by atoms with van der Waals surface area (Å²) < 4.78 is 17.2. The molecule has 0 saturated carbocycles. The molecule has 5 N–H and O–H groups in total. The molecule has 0 bridgehead atoms. The van der Waals surface area contributed by atoms with Crippen molar-refractivity contribution in [3.8, 4) is 51.6 Å². The van der Waals surface area contributed by atoms with Crippen molar-refractivity contribution in [2.45, 2.75) is 12.0 Å². The molecule has 10 heteroatoms. The fraction of sp³-hybridized carbons (Fsp3) is 0.0968. The molecule has 1 aromatic heterocycles. The number of aromatic hydroxyl groups is 5. The van der Waals surface area contributed by atoms with E-state index in [0.717, 1.165) is 6.07 Å². The van der Waals surface area contributed by atoms with Gasteiger partial charge in [-0.1, -0.05) is 12.1 Å². The molecule has 2 heterocycles. The van der Waals surface area contributed by atoms with Crippen molar-refractivity contribution >= 4 is 16.8 Å². The van der Waals surface area contributed by atoms with Gasteiger partial charge in [0.05, 0.1) is 13.0 Å². The zero-order valence-corrected chi connectivity index (χ0v) is 21.4. The number of Topliss-reactive ketones (excluding diaryl/α,β-unsaturated/α-hetero) is 1. The Labute approximate surface area is 231 Å². The molecular formula is C31H22O10. The predicted molar refractivity (Wildman–Crippen MR) is 146 cm³/mol. The zero-order valence-electron chi connectivity index (χ0n) is 21.4. The lowest BCUT2D eigenvalue weighted by atomic mass is 9.79. The van der Waals surface area contributed by atoms with E-state index in [4.69, 9.17) is 13.9 Å². The minimum absolute atomic E-state index is 0.0121. The normalized spacial score (nSPS) is 16.3. The first kappa shape index (κ1) is 25.6. The number of phenolic OH excluding ortho intramolecular Hbond substituents is 5. The minimum Gasteiger partial charge on any atom is -0.508 e. The largest absolute Gasteiger partial charge is 0.508 e. The van der Waals surface area contributed by atoms with E-state index < -0.39 is 29.0 Å². The Morgan fingerprint density at radius 3 is 2.24 bits per heavy atom. The highest BCUT2D eigenvalue weighted by atomic mass is 16.5. The summed E-state index contributed by atoms with van der Waals surface area (Å²) in [7, 11) is 1.40. The van der Waals surface area contributed by atoms with Crippen LogP contribution >= 0.6 is 0 Å². The van der Waals surface area contributed by atoms with Crippen molar-refractivity contribution in [1.29, 1.82) is 0 Å². The second-order valence-corrected chi connectivity index (χ2v) is 9.58. The van der Waals surface area contributed by atoms with Gasteiger partial charge in [0, 0.05) is 41.5 Å². The van der Waals surface area contributed by atoms with E-state index in [1.54, 1.807) is 12.1 Å². The highest BCUT2D eigenvalue weighted by Gasteiger charge is 2.42. The summed E-state index contributed by atoms with van der Waals surface area (Å²) in [5, 5.41) is 51.6. The Balaban J connectivity index is 1.54. The second-order valence-electron chi connectivity index (χ2n) is 9.58. The van der Waals surface area contributed by atoms with Gasteiger partial charge in [-0.25, -0.2) is 0 Å². The van der Waals surface area contributed by atoms with Crippen LogP contribution in [0, 0.1) is 0 Å². The maximum absolute atomic E-state index is 13.9. The molecule has 0 spiro atoms. The molecule has 0 radical (unpaired) electrons. The van der Waals surface area contributed by atoms with E-state index >= 15 is 0 Å². The minimum atomic E-state index is -1.20. The van der Waals surface area contributed by atoms with Crippen LogP contribution in [0.3, 0.4) is 0 Å². The maximum Gasteiger partial charge on any atom is 0.197 e. The van der Waals surface area contributed by atoms with Gasteiger partial charge in [0.2, 0.25) is 0 Å². The molecule has 0 unspecified atom stereocenters. The number of ketones is 1. The van der Waals surface area contributed by atoms with Crippen LogP contribution in [0.1, 0.15) is 33.5 Å². The number of carbonyl (C=O) groups excluding carboxylic acids is 1. The summed E-state index contributed by atoms with van der Waals surface area (Å²) >= 11 is 0. The Morgan fingerprint density at radius 2 is 1.51 bits per heavy atom. The van der Waals surface area contributed by atoms with E-state index in [1.807, 2.05) is 0 Å². The first-order valence-electron chi connectivity index (χ1n) is 12.4. The van der Waals surface area contributed by atoms with Gasteiger partial charge in [0.25, 0.3) is 0 Å². The van der Waals surface area contributed by atoms with E-state index in [9.17, 15) is 35.1 Å². The van der Waals surface area contributed by atoms with Gasteiger partial charge in [-0.3, -0.25) is 9.59 Å². The van der Waals surface area contributed by atoms with E-state index in [1.165, 1.54) is 61.7 Å². The molecule has 0 amide bonds. The summed E-state index contributed by atoms with van der Waals surface area (Å²) in [6, 6.07) is 16.4. The van der Waals surface area contributed by atoms with Gasteiger partial charge in [-0.05, 0) is 35.9 Å². The number of rotatable bonds is 4. The molecule has 1 aliphatic rings. The van der Waals surface area contributed by atoms with Crippen LogP contribution in [0.4, 0.5) is 0 Å². The number of benzene rings is 4. The third kappa shape index (κ3) is 4.31. The van der Waals surface area contributed by atoms with Crippen molar-refractivity contribution in [3.63, 3.8) is 0 Å². The molecule has 41 heavy (non-hydrogen) atoms. The smallest absolute Gasteiger partial charge is 0.197 e. The van der Waals surface area contributed by atoms with Gasteiger partial charge in [0.1, 0.15) is 68.6 Å². The number of fused-ring (bicyclic) bond motifs is 2. The molecular weight excluding hydrogens is 532 g/mol. The zero-order chi connectivity index (χ0) is 29.0. The van der Waals surface area contributed by atoms with Crippen LogP contribution in [-0.4, -0.2) is 38.4 Å². The van der Waals surface area contributed by atoms with Gasteiger partial charge >= 0.3 is 0 Å². The quantitative estimate of drug-likeness (QED) is 0.202. The lowest BCUT2D eigenvalue weighted by molar-refractivity contribution is 0.0772. The van der Waals surface area contributed by atoms with Crippen LogP contribution in [0.2, 0.25) is 0 Å². The lowest BCUT2D eigenvalue weighted by Gasteiger charge is -2.34. The average Bonchev–Trinajstić information content (AvgIpc) is 2.93. The summed E-state index contributed by atoms with van der Waals surface area (Å²) in [6.45, 7) is 0. The molecule has 206 valence electrons. The number of hydrogen-bond acceptors (Lipinski definition) is 10. The van der Waals surface area contributed by atoms with Crippen molar-refractivity contribution in [3.05, 3.63) is 99.7 Å². The van der Waals surface area contributed by atoms with Crippen LogP contribution in [0.25, 0.3) is 22.3 Å². The second kappa shape index (κ2) is 9.53. The SMILES string of the molecule is COc1cc(O)c2c(=O)cc(-c3ccc(O)c([C@@H]4C(=O)c5c(O)cc(O)cc5O[C@H]4c4ccc(O)cc4)c3)oc2c1. The maximum atomic E-state index is 13.9. The van der Waals surface area contributed by atoms with Crippen LogP contribution < -0.4 is 14.9 Å². The Morgan fingerprint density at radius 1 is 0.756 bits per heavy atom. The molecule has 0 saturated heterocycles. The molecule has 0 fully saturated rings. The monoisotopic (exact) mass is 554 g/mol. The van der Waals surface area contributed by atoms with Crippen molar-refractivity contribution in [1.82, 2.24) is 0 Å². The Hall–Kier alpha value is -5.64. The van der Waals surface area contributed by atoms with Crippen molar-refractivity contribution in [2.24, 2.45) is 0 Å². The lowest BCUT2D eigenvalue weighted by Crippen LogP contribution is -2.30. The molecule has 1 aliphatic heterocycles. The topological polar surface area (TPSA) is 167 Å². The van der Waals surface area contributed by atoms with Gasteiger partial charge < -0.3 is 39.4 Å². The molecule has 10 nitrogen and oxygen atoms in total. The first-order valence-corrected chi connectivity index (χ1v) is 12.4. The third-order valence-electron chi connectivity index (χ3n) is 7.04. The molecule has 4 aromatic carbocycles. The molecule has 2 atom stereocenters. The average molecular weight is 555 g/mol. The molecule has 0 aliphatic carbocycles. The predicted octanol–water partition coefficient (Wildman–Crippen LogP) is 5.10. The van der Waals surface area contributed by atoms with Crippen LogP contribution in [0.5, 0.6) is 40.2 Å². The summed E-state index contributed by atoms with van der Waals surface area (Å²) in [4.78, 5) is 26.9. The Kier molecular flexibility index (Phi) is 5.95. The Bertz CT molecular complexity index is 1910. The van der Waals surface area contributed by atoms with Gasteiger partial charge in [0.15, 0.2) is 11.2 Å². The summed E-state index contributed by atoms with van der Waals surface area (Å²) in [5.74, 6) is -2.86. The number of carbonyl (C=O) groups is 1. The molecule has 5 aromatic rings. The summed E-state index contributed by atoms with van der Waals surface area (Å²) in [5.41, 5.74) is 0.286. The van der Waals surface area contributed by atoms with Gasteiger partial charge in [-0.15, -0.1) is 0 Å². The van der Waals surface area contributed by atoms with E-state index in [0.29, 0.717) is 11.1 Å². The molecule has 6 rings (SSSR count). The van der Waals surface area contributed by atoms with E-state index in [-0.39, 0.29) is 62.4 Å². The standard InChI is InChI=1S/C31H22O10/c1-39-18-11-22(36)28-23(37)13-24(40-26(28)12-18)15-4-7-20(34)19(8-15)27-30(38)29-21(35)9-17(33)10-25(29)41-31(27)14-2-5-16(32)6-3-14/h2-13,27,31-36H,1H3/t27-,31+/m1/s1. The van der Waals surface area contributed by atoms with E-state index in [2.05, 4.69) is 0 Å². The fourth-order valence-corrected chi connectivity index (χ4v) is 5.11. The highest BCUT2D eigenvalue weighted by molar-refractivity contribution is 6.07. The summed E-state index contributed by atoms with van der Waals surface area (Å²) in [6.07, 6.45) is -1.04. The highest BCUT2D eigenvalue weighted by Crippen LogP contribution is 2.50. The first-order chi connectivity index (χ1) is 19.6. The number of methoxy groups -OCH3 is 1. The van der Waals surface area contributed by atoms with Crippen molar-refractivity contribution in [2.75, 3.05) is 7.11 Å². The third-order valence-corrected chi connectivity index (χ3v) is 7.04. The van der Waals surface area contributed by atoms with Crippen LogP contribution in [0.15, 0.2) is 82.0 Å².